The highest BCUT2D eigenvalue weighted by Gasteiger charge is 2.23. The monoisotopic (exact) mass is 239 g/mol. The number of hydrogen-bond donors (Lipinski definition) is 1. The molecular weight excluding hydrogens is 218 g/mol. The molecule has 1 unspecified atom stereocenters. The molecule has 16 heavy (non-hydrogen) atoms. The predicted molar refractivity (Wildman–Crippen MR) is 69.8 cm³/mol. The molecule has 1 aliphatic heterocycles. The Morgan fingerprint density at radius 3 is 2.69 bits per heavy atom. The quantitative estimate of drug-likeness (QED) is 0.862. The number of rotatable bonds is 4. The van der Waals surface area contributed by atoms with Crippen molar-refractivity contribution in [2.45, 2.75) is 12.5 Å². The Hall–Kier alpha value is -0.420. The fraction of sp³-hybridized carbons (Fsp3) is 0.667. The van der Waals surface area contributed by atoms with Gasteiger partial charge in [-0.2, -0.15) is 0 Å². The number of nitrogens with zero attached hydrogens (tertiary/aromatic N) is 2. The molecule has 2 N–H and O–H groups in total. The molecule has 1 aromatic rings. The lowest BCUT2D eigenvalue weighted by molar-refractivity contribution is 0.109. The number of thiophene rings is 1. The zero-order valence-electron chi connectivity index (χ0n) is 9.93. The van der Waals surface area contributed by atoms with Gasteiger partial charge in [-0.25, -0.2) is 0 Å². The number of piperazine rings is 1. The summed E-state index contributed by atoms with van der Waals surface area (Å²) in [5, 5.41) is 2.16. The van der Waals surface area contributed by atoms with Crippen molar-refractivity contribution in [3.8, 4) is 0 Å². The van der Waals surface area contributed by atoms with E-state index in [2.05, 4.69) is 34.4 Å². The molecule has 4 heteroatoms. The number of hydrogen-bond acceptors (Lipinski definition) is 4. The number of likely N-dealkylation sites (N-methyl/N-ethyl adjacent to an activating group) is 1. The van der Waals surface area contributed by atoms with Gasteiger partial charge in [-0.15, -0.1) is 11.3 Å². The highest BCUT2D eigenvalue weighted by Crippen LogP contribution is 2.28. The lowest BCUT2D eigenvalue weighted by Gasteiger charge is -2.37. The molecule has 1 fully saturated rings. The summed E-state index contributed by atoms with van der Waals surface area (Å²) in [6.45, 7) is 5.45. The van der Waals surface area contributed by atoms with E-state index in [1.54, 1.807) is 0 Å². The maximum absolute atomic E-state index is 5.74. The third-order valence-corrected chi connectivity index (χ3v) is 4.26. The van der Waals surface area contributed by atoms with E-state index >= 15 is 0 Å². The average molecular weight is 239 g/mol. The van der Waals surface area contributed by atoms with Crippen LogP contribution in [0.2, 0.25) is 0 Å². The van der Waals surface area contributed by atoms with Crippen molar-refractivity contribution >= 4 is 11.3 Å². The van der Waals surface area contributed by atoms with Crippen molar-refractivity contribution in [1.82, 2.24) is 9.80 Å². The molecule has 1 aliphatic rings. The highest BCUT2D eigenvalue weighted by atomic mass is 32.1. The lowest BCUT2D eigenvalue weighted by atomic mass is 10.1. The third kappa shape index (κ3) is 2.83. The Kier molecular flexibility index (Phi) is 4.35. The average Bonchev–Trinajstić information content (AvgIpc) is 2.81. The summed E-state index contributed by atoms with van der Waals surface area (Å²) in [7, 11) is 2.19. The van der Waals surface area contributed by atoms with Crippen molar-refractivity contribution in [2.75, 3.05) is 39.8 Å². The zero-order valence-corrected chi connectivity index (χ0v) is 10.7. The summed E-state index contributed by atoms with van der Waals surface area (Å²) < 4.78 is 0. The van der Waals surface area contributed by atoms with Gasteiger partial charge in [0.05, 0.1) is 0 Å². The van der Waals surface area contributed by atoms with Crippen LogP contribution in [0.25, 0.3) is 0 Å². The third-order valence-electron chi connectivity index (χ3n) is 3.29. The summed E-state index contributed by atoms with van der Waals surface area (Å²) in [4.78, 5) is 6.44. The van der Waals surface area contributed by atoms with Crippen LogP contribution in [-0.4, -0.2) is 49.6 Å². The molecule has 3 nitrogen and oxygen atoms in total. The van der Waals surface area contributed by atoms with Crippen LogP contribution in [0.1, 0.15) is 17.3 Å². The second kappa shape index (κ2) is 5.77. The summed E-state index contributed by atoms with van der Waals surface area (Å²) in [6, 6.07) is 4.92. The van der Waals surface area contributed by atoms with E-state index in [1.165, 1.54) is 31.1 Å². The van der Waals surface area contributed by atoms with E-state index in [9.17, 15) is 0 Å². The summed E-state index contributed by atoms with van der Waals surface area (Å²) in [6.07, 6.45) is 1.07. The molecular formula is C12H21N3S. The van der Waals surface area contributed by atoms with Crippen LogP contribution in [0.4, 0.5) is 0 Å². The molecule has 90 valence electrons. The second-order valence-electron chi connectivity index (χ2n) is 4.45. The largest absolute Gasteiger partial charge is 0.330 e. The molecule has 1 saturated heterocycles. The first-order chi connectivity index (χ1) is 7.81. The van der Waals surface area contributed by atoms with Gasteiger partial charge in [-0.1, -0.05) is 6.07 Å². The Balaban J connectivity index is 2.02. The number of nitrogens with two attached hydrogens (primary N) is 1. The lowest BCUT2D eigenvalue weighted by Crippen LogP contribution is -2.46. The van der Waals surface area contributed by atoms with Gasteiger partial charge < -0.3 is 10.6 Å². The van der Waals surface area contributed by atoms with E-state index < -0.39 is 0 Å². The molecule has 0 spiro atoms. The molecule has 0 radical (unpaired) electrons. The van der Waals surface area contributed by atoms with Gasteiger partial charge in [-0.3, -0.25) is 4.90 Å². The van der Waals surface area contributed by atoms with Crippen molar-refractivity contribution in [1.29, 1.82) is 0 Å². The Bertz CT molecular complexity index is 291. The van der Waals surface area contributed by atoms with Crippen molar-refractivity contribution < 1.29 is 0 Å². The predicted octanol–water partition coefficient (Wildman–Crippen LogP) is 1.39. The normalized spacial score (nSPS) is 21.1. The van der Waals surface area contributed by atoms with Gasteiger partial charge in [0.15, 0.2) is 0 Å². The topological polar surface area (TPSA) is 32.5 Å². The Labute approximate surface area is 102 Å². The van der Waals surface area contributed by atoms with Gasteiger partial charge in [0.2, 0.25) is 0 Å². The smallest absolute Gasteiger partial charge is 0.0454 e. The minimum Gasteiger partial charge on any atom is -0.330 e. The van der Waals surface area contributed by atoms with Gasteiger partial charge in [-0.05, 0) is 31.5 Å². The van der Waals surface area contributed by atoms with Crippen LogP contribution in [-0.2, 0) is 0 Å². The van der Waals surface area contributed by atoms with Crippen molar-refractivity contribution in [3.63, 3.8) is 0 Å². The summed E-state index contributed by atoms with van der Waals surface area (Å²) >= 11 is 1.85. The molecule has 0 saturated carbocycles. The van der Waals surface area contributed by atoms with Crippen LogP contribution in [0.15, 0.2) is 17.5 Å². The molecule has 0 aromatic carbocycles. The maximum Gasteiger partial charge on any atom is 0.0454 e. The van der Waals surface area contributed by atoms with Crippen molar-refractivity contribution in [2.24, 2.45) is 5.73 Å². The minimum atomic E-state index is 0.540. The van der Waals surface area contributed by atoms with Gasteiger partial charge in [0, 0.05) is 37.1 Å². The van der Waals surface area contributed by atoms with Crippen LogP contribution >= 0.6 is 11.3 Å². The van der Waals surface area contributed by atoms with E-state index in [-0.39, 0.29) is 0 Å². The van der Waals surface area contributed by atoms with Crippen LogP contribution in [0, 0.1) is 0 Å². The van der Waals surface area contributed by atoms with Gasteiger partial charge in [0.1, 0.15) is 0 Å². The highest BCUT2D eigenvalue weighted by molar-refractivity contribution is 7.10. The molecule has 1 atom stereocenters. The first-order valence-corrected chi connectivity index (χ1v) is 6.85. The molecule has 0 aliphatic carbocycles. The van der Waals surface area contributed by atoms with Gasteiger partial charge in [0.25, 0.3) is 0 Å². The van der Waals surface area contributed by atoms with Crippen LogP contribution < -0.4 is 5.73 Å². The fourth-order valence-corrected chi connectivity index (χ4v) is 3.17. The molecule has 1 aromatic heterocycles. The molecule has 0 bridgehead atoms. The fourth-order valence-electron chi connectivity index (χ4n) is 2.28. The SMILES string of the molecule is CN1CCN(C(CCN)c2cccs2)CC1. The first kappa shape index (κ1) is 12.0. The van der Waals surface area contributed by atoms with E-state index in [0.717, 1.165) is 13.0 Å². The van der Waals surface area contributed by atoms with E-state index in [4.69, 9.17) is 5.73 Å². The van der Waals surface area contributed by atoms with Gasteiger partial charge >= 0.3 is 0 Å². The Morgan fingerprint density at radius 1 is 1.38 bits per heavy atom. The minimum absolute atomic E-state index is 0.540. The standard InChI is InChI=1S/C12H21N3S/c1-14-6-8-15(9-7-14)11(4-5-13)12-3-2-10-16-12/h2-3,10-11H,4-9,13H2,1H3. The second-order valence-corrected chi connectivity index (χ2v) is 5.43. The van der Waals surface area contributed by atoms with Crippen LogP contribution in [0.5, 0.6) is 0 Å². The molecule has 0 amide bonds. The maximum atomic E-state index is 5.74. The molecule has 2 heterocycles. The Morgan fingerprint density at radius 2 is 2.12 bits per heavy atom. The van der Waals surface area contributed by atoms with E-state index in [0.29, 0.717) is 6.04 Å². The van der Waals surface area contributed by atoms with E-state index in [1.807, 2.05) is 11.3 Å². The molecule has 2 rings (SSSR count). The summed E-state index contributed by atoms with van der Waals surface area (Å²) in [5.74, 6) is 0. The van der Waals surface area contributed by atoms with Crippen molar-refractivity contribution in [3.05, 3.63) is 22.4 Å². The van der Waals surface area contributed by atoms with Crippen LogP contribution in [0.3, 0.4) is 0 Å². The first-order valence-electron chi connectivity index (χ1n) is 5.97. The summed E-state index contributed by atoms with van der Waals surface area (Å²) in [5.41, 5.74) is 5.74. The zero-order chi connectivity index (χ0) is 11.4.